The first-order chi connectivity index (χ1) is 10.1. The number of hydrogen-bond donors (Lipinski definition) is 2. The molecule has 3 N–H and O–H groups in total. The van der Waals surface area contributed by atoms with Crippen LogP contribution in [-0.4, -0.2) is 35.3 Å². The molecule has 3 rings (SSSR count). The molecule has 1 aromatic rings. The number of nitrogens with one attached hydrogen (secondary N) is 1. The number of hydrogen-bond acceptors (Lipinski definition) is 6. The number of sulfonamides is 1. The number of rotatable bonds is 3. The molecule has 2 heterocycles. The van der Waals surface area contributed by atoms with Gasteiger partial charge in [0.05, 0.1) is 12.4 Å². The van der Waals surface area contributed by atoms with E-state index in [4.69, 9.17) is 5.84 Å². The van der Waals surface area contributed by atoms with Crippen molar-refractivity contribution < 1.29 is 8.42 Å². The van der Waals surface area contributed by atoms with Gasteiger partial charge >= 0.3 is 0 Å². The summed E-state index contributed by atoms with van der Waals surface area (Å²) in [6.07, 6.45) is 9.16. The lowest BCUT2D eigenvalue weighted by Gasteiger charge is -2.43. The Morgan fingerprint density at radius 2 is 1.81 bits per heavy atom. The summed E-state index contributed by atoms with van der Waals surface area (Å²) in [6, 6.07) is 0.143. The Kier molecular flexibility index (Phi) is 4.10. The van der Waals surface area contributed by atoms with Crippen molar-refractivity contribution in [2.24, 2.45) is 11.8 Å². The highest BCUT2D eigenvalue weighted by molar-refractivity contribution is 7.89. The number of fused-ring (bicyclic) bond motifs is 1. The van der Waals surface area contributed by atoms with E-state index in [1.165, 1.54) is 18.8 Å². The van der Waals surface area contributed by atoms with Gasteiger partial charge in [0.15, 0.2) is 0 Å². The summed E-state index contributed by atoms with van der Waals surface area (Å²) in [7, 11) is -3.52. The molecule has 0 aromatic carbocycles. The van der Waals surface area contributed by atoms with Gasteiger partial charge in [-0.05, 0) is 31.6 Å². The number of piperidine rings is 1. The molecule has 1 aliphatic heterocycles. The lowest BCUT2D eigenvalue weighted by Crippen LogP contribution is -2.49. The van der Waals surface area contributed by atoms with Crippen molar-refractivity contribution in [3.8, 4) is 0 Å². The fourth-order valence-electron chi connectivity index (χ4n) is 3.54. The van der Waals surface area contributed by atoms with Gasteiger partial charge in [0.1, 0.15) is 4.90 Å². The number of aromatic nitrogens is 2. The van der Waals surface area contributed by atoms with Crippen molar-refractivity contribution >= 4 is 16.0 Å². The van der Waals surface area contributed by atoms with Gasteiger partial charge in [0.25, 0.3) is 0 Å². The minimum Gasteiger partial charge on any atom is -0.292 e. The molecule has 1 saturated carbocycles. The minimum atomic E-state index is -3.52. The quantitative estimate of drug-likeness (QED) is 0.640. The van der Waals surface area contributed by atoms with Gasteiger partial charge in [-0.25, -0.2) is 24.2 Å². The van der Waals surface area contributed by atoms with Crippen LogP contribution >= 0.6 is 0 Å². The first-order valence-corrected chi connectivity index (χ1v) is 8.87. The zero-order valence-electron chi connectivity index (χ0n) is 11.9. The molecule has 0 bridgehead atoms. The first-order valence-electron chi connectivity index (χ1n) is 7.43. The predicted octanol–water partition coefficient (Wildman–Crippen LogP) is 1.11. The molecule has 2 fully saturated rings. The molecule has 0 amide bonds. The number of nitrogens with zero attached hydrogens (tertiary/aromatic N) is 3. The average molecular weight is 311 g/mol. The molecule has 7 nitrogen and oxygen atoms in total. The van der Waals surface area contributed by atoms with E-state index in [1.807, 2.05) is 0 Å². The highest BCUT2D eigenvalue weighted by Crippen LogP contribution is 2.37. The SMILES string of the molecule is NNc1ncc(S(=O)(=O)N2CCCC3CCCCC32)cn1. The van der Waals surface area contributed by atoms with E-state index < -0.39 is 10.0 Å². The van der Waals surface area contributed by atoms with Crippen LogP contribution in [0.4, 0.5) is 5.95 Å². The third kappa shape index (κ3) is 2.75. The second-order valence-corrected chi connectivity index (χ2v) is 7.65. The summed E-state index contributed by atoms with van der Waals surface area (Å²) in [4.78, 5) is 7.96. The van der Waals surface area contributed by atoms with Crippen molar-refractivity contribution in [3.63, 3.8) is 0 Å². The van der Waals surface area contributed by atoms with Gasteiger partial charge in [-0.1, -0.05) is 12.8 Å². The van der Waals surface area contributed by atoms with Crippen molar-refractivity contribution in [1.82, 2.24) is 14.3 Å². The molecule has 0 radical (unpaired) electrons. The van der Waals surface area contributed by atoms with Crippen LogP contribution in [0.3, 0.4) is 0 Å². The van der Waals surface area contributed by atoms with Crippen molar-refractivity contribution in [2.75, 3.05) is 12.0 Å². The number of anilines is 1. The fourth-order valence-corrected chi connectivity index (χ4v) is 5.18. The van der Waals surface area contributed by atoms with Crippen LogP contribution < -0.4 is 11.3 Å². The predicted molar refractivity (Wildman–Crippen MR) is 78.7 cm³/mol. The smallest absolute Gasteiger partial charge is 0.246 e. The third-order valence-corrected chi connectivity index (χ3v) is 6.43. The van der Waals surface area contributed by atoms with Gasteiger partial charge in [0.2, 0.25) is 16.0 Å². The van der Waals surface area contributed by atoms with Crippen molar-refractivity contribution in [1.29, 1.82) is 0 Å². The Bertz CT molecular complexity index is 587. The van der Waals surface area contributed by atoms with E-state index >= 15 is 0 Å². The number of nitrogen functional groups attached to an aromatic ring is 1. The lowest BCUT2D eigenvalue weighted by molar-refractivity contribution is 0.129. The largest absolute Gasteiger partial charge is 0.292 e. The first kappa shape index (κ1) is 14.7. The Labute approximate surface area is 125 Å². The molecule has 1 saturated heterocycles. The van der Waals surface area contributed by atoms with Crippen LogP contribution in [0.15, 0.2) is 17.3 Å². The van der Waals surface area contributed by atoms with Crippen LogP contribution in [0.2, 0.25) is 0 Å². The summed E-state index contributed by atoms with van der Waals surface area (Å²) in [6.45, 7) is 0.598. The second kappa shape index (κ2) is 5.86. The maximum atomic E-state index is 12.8. The second-order valence-electron chi connectivity index (χ2n) is 5.76. The van der Waals surface area contributed by atoms with Crippen LogP contribution in [0.5, 0.6) is 0 Å². The Hall–Kier alpha value is -1.25. The molecule has 21 heavy (non-hydrogen) atoms. The minimum absolute atomic E-state index is 0.143. The third-order valence-electron chi connectivity index (χ3n) is 4.56. The van der Waals surface area contributed by atoms with Gasteiger partial charge < -0.3 is 0 Å². The lowest BCUT2D eigenvalue weighted by atomic mass is 9.79. The molecule has 116 valence electrons. The maximum Gasteiger partial charge on any atom is 0.246 e. The van der Waals surface area contributed by atoms with Gasteiger partial charge in [0, 0.05) is 12.6 Å². The molecular weight excluding hydrogens is 290 g/mol. The molecule has 2 aliphatic rings. The molecule has 8 heteroatoms. The standard InChI is InChI=1S/C13H21N5O2S/c14-17-13-15-8-11(9-16-13)21(19,20)18-7-3-5-10-4-1-2-6-12(10)18/h8-10,12H,1-7,14H2,(H,15,16,17). The summed E-state index contributed by atoms with van der Waals surface area (Å²) >= 11 is 0. The number of nitrogens with two attached hydrogens (primary N) is 1. The monoisotopic (exact) mass is 311 g/mol. The summed E-state index contributed by atoms with van der Waals surface area (Å²) in [5, 5.41) is 0. The highest BCUT2D eigenvalue weighted by Gasteiger charge is 2.40. The average Bonchev–Trinajstić information content (AvgIpc) is 2.54. The molecule has 2 atom stereocenters. The van der Waals surface area contributed by atoms with E-state index in [0.717, 1.165) is 32.1 Å². The Balaban J connectivity index is 1.88. The Morgan fingerprint density at radius 1 is 1.14 bits per heavy atom. The van der Waals surface area contributed by atoms with Crippen LogP contribution in [0.25, 0.3) is 0 Å². The van der Waals surface area contributed by atoms with E-state index in [1.54, 1.807) is 4.31 Å². The highest BCUT2D eigenvalue weighted by atomic mass is 32.2. The van der Waals surface area contributed by atoms with E-state index in [-0.39, 0.29) is 16.9 Å². The normalized spacial score (nSPS) is 27.1. The van der Waals surface area contributed by atoms with Gasteiger partial charge in [-0.15, -0.1) is 0 Å². The van der Waals surface area contributed by atoms with E-state index in [0.29, 0.717) is 12.5 Å². The van der Waals surface area contributed by atoms with Gasteiger partial charge in [-0.3, -0.25) is 5.43 Å². The molecule has 2 unspecified atom stereocenters. The maximum absolute atomic E-state index is 12.8. The van der Waals surface area contributed by atoms with Crippen molar-refractivity contribution in [3.05, 3.63) is 12.4 Å². The van der Waals surface area contributed by atoms with E-state index in [9.17, 15) is 8.42 Å². The molecule has 1 aromatic heterocycles. The zero-order chi connectivity index (χ0) is 14.9. The molecular formula is C13H21N5O2S. The topological polar surface area (TPSA) is 101 Å². The fraction of sp³-hybridized carbons (Fsp3) is 0.692. The van der Waals surface area contributed by atoms with Crippen LogP contribution in [-0.2, 0) is 10.0 Å². The van der Waals surface area contributed by atoms with Crippen molar-refractivity contribution in [2.45, 2.75) is 49.5 Å². The van der Waals surface area contributed by atoms with Crippen LogP contribution in [0.1, 0.15) is 38.5 Å². The number of hydrazine groups is 1. The summed E-state index contributed by atoms with van der Waals surface area (Å²) in [5.74, 6) is 5.92. The molecule has 0 spiro atoms. The van der Waals surface area contributed by atoms with Crippen LogP contribution in [0, 0.1) is 5.92 Å². The summed E-state index contributed by atoms with van der Waals surface area (Å²) in [5.41, 5.74) is 2.30. The zero-order valence-corrected chi connectivity index (χ0v) is 12.7. The summed E-state index contributed by atoms with van der Waals surface area (Å²) < 4.78 is 27.3. The van der Waals surface area contributed by atoms with E-state index in [2.05, 4.69) is 15.4 Å². The molecule has 1 aliphatic carbocycles. The van der Waals surface area contributed by atoms with Gasteiger partial charge in [-0.2, -0.15) is 4.31 Å². The Morgan fingerprint density at radius 3 is 2.52 bits per heavy atom.